The second-order valence-corrected chi connectivity index (χ2v) is 4.02. The smallest absolute Gasteiger partial charge is 0.330 e. The van der Waals surface area contributed by atoms with Gasteiger partial charge in [0.05, 0.1) is 25.2 Å². The Labute approximate surface area is 105 Å². The molecule has 1 aromatic rings. The third-order valence-corrected chi connectivity index (χ3v) is 2.68. The van der Waals surface area contributed by atoms with Crippen LogP contribution >= 0.6 is 0 Å². The number of anilines is 1. The van der Waals surface area contributed by atoms with E-state index in [2.05, 4.69) is 25.3 Å². The maximum Gasteiger partial charge on any atom is 0.330 e. The van der Waals surface area contributed by atoms with Crippen molar-refractivity contribution in [3.63, 3.8) is 0 Å². The van der Waals surface area contributed by atoms with Crippen molar-refractivity contribution < 1.29 is 9.53 Å². The van der Waals surface area contributed by atoms with Crippen LogP contribution in [0.15, 0.2) is 18.5 Å². The Balaban J connectivity index is 1.92. The first-order valence-electron chi connectivity index (χ1n) is 5.83. The first-order chi connectivity index (χ1) is 8.78. The van der Waals surface area contributed by atoms with E-state index in [-0.39, 0.29) is 0 Å². The number of aromatic nitrogens is 2. The van der Waals surface area contributed by atoms with Crippen LogP contribution in [0.1, 0.15) is 12.1 Å². The highest BCUT2D eigenvalue weighted by atomic mass is 16.5. The topological polar surface area (TPSA) is 76.1 Å². The molecule has 1 fully saturated rings. The van der Waals surface area contributed by atoms with Gasteiger partial charge in [-0.15, -0.1) is 0 Å². The Morgan fingerprint density at radius 3 is 3.06 bits per heavy atom. The minimum Gasteiger partial charge on any atom is -0.466 e. The fraction of sp³-hybridized carbons (Fsp3) is 0.417. The molecule has 96 valence electrons. The lowest BCUT2D eigenvalue weighted by Crippen LogP contribution is -2.22. The fourth-order valence-electron chi connectivity index (χ4n) is 1.71. The molecule has 1 atom stereocenters. The van der Waals surface area contributed by atoms with Gasteiger partial charge in [0.15, 0.2) is 0 Å². The van der Waals surface area contributed by atoms with Crippen molar-refractivity contribution in [1.29, 1.82) is 0 Å². The molecule has 1 saturated heterocycles. The van der Waals surface area contributed by atoms with Crippen molar-refractivity contribution >= 4 is 17.9 Å². The van der Waals surface area contributed by atoms with Gasteiger partial charge in [-0.25, -0.2) is 9.78 Å². The molecule has 2 heterocycles. The van der Waals surface area contributed by atoms with Crippen molar-refractivity contribution in [3.8, 4) is 0 Å². The minimum atomic E-state index is -0.406. The molecule has 0 spiro atoms. The third-order valence-electron chi connectivity index (χ3n) is 2.68. The first kappa shape index (κ1) is 12.5. The predicted molar refractivity (Wildman–Crippen MR) is 68.0 cm³/mol. The number of nitrogens with zero attached hydrogens (tertiary/aromatic N) is 2. The normalized spacial score (nSPS) is 19.1. The summed E-state index contributed by atoms with van der Waals surface area (Å²) < 4.78 is 4.49. The summed E-state index contributed by atoms with van der Waals surface area (Å²) in [7, 11) is 1.33. The van der Waals surface area contributed by atoms with Gasteiger partial charge in [-0.2, -0.15) is 0 Å². The molecule has 1 aliphatic heterocycles. The Bertz CT molecular complexity index is 424. The molecule has 2 N–H and O–H groups in total. The average Bonchev–Trinajstić information content (AvgIpc) is 2.90. The van der Waals surface area contributed by atoms with Gasteiger partial charge in [0.25, 0.3) is 0 Å². The van der Waals surface area contributed by atoms with Crippen LogP contribution < -0.4 is 10.6 Å². The summed E-state index contributed by atoms with van der Waals surface area (Å²) >= 11 is 0. The lowest BCUT2D eigenvalue weighted by Gasteiger charge is -2.11. The number of ether oxygens (including phenoxy) is 1. The number of carbonyl (C=O) groups excluding carboxylic acids is 1. The van der Waals surface area contributed by atoms with Crippen LogP contribution in [0.3, 0.4) is 0 Å². The molecular formula is C12H16N4O2. The van der Waals surface area contributed by atoms with Crippen LogP contribution in [0, 0.1) is 0 Å². The molecule has 0 aromatic carbocycles. The Kier molecular flexibility index (Phi) is 4.25. The predicted octanol–water partition coefficient (Wildman–Crippen LogP) is 0.437. The number of nitrogens with one attached hydrogen (secondary N) is 2. The lowest BCUT2D eigenvalue weighted by atomic mass is 10.2. The van der Waals surface area contributed by atoms with E-state index in [0.717, 1.165) is 25.3 Å². The lowest BCUT2D eigenvalue weighted by molar-refractivity contribution is -0.134. The van der Waals surface area contributed by atoms with Crippen molar-refractivity contribution in [2.24, 2.45) is 0 Å². The molecule has 0 radical (unpaired) electrons. The molecule has 0 aliphatic carbocycles. The van der Waals surface area contributed by atoms with Crippen molar-refractivity contribution in [2.75, 3.05) is 25.5 Å². The number of rotatable bonds is 4. The van der Waals surface area contributed by atoms with Crippen LogP contribution in [0.2, 0.25) is 0 Å². The van der Waals surface area contributed by atoms with Crippen molar-refractivity contribution in [1.82, 2.24) is 15.3 Å². The summed E-state index contributed by atoms with van der Waals surface area (Å²) in [6.07, 6.45) is 7.25. The third kappa shape index (κ3) is 3.53. The molecule has 0 unspecified atom stereocenters. The summed E-state index contributed by atoms with van der Waals surface area (Å²) in [4.78, 5) is 19.3. The number of esters is 1. The summed E-state index contributed by atoms with van der Waals surface area (Å²) in [6.45, 7) is 1.98. The van der Waals surface area contributed by atoms with Crippen LogP contribution in [-0.4, -0.2) is 42.2 Å². The summed E-state index contributed by atoms with van der Waals surface area (Å²) in [5.74, 6) is 0.343. The van der Waals surface area contributed by atoms with Crippen molar-refractivity contribution in [2.45, 2.75) is 12.5 Å². The molecule has 1 aromatic heterocycles. The monoisotopic (exact) mass is 248 g/mol. The zero-order valence-electron chi connectivity index (χ0n) is 10.2. The zero-order chi connectivity index (χ0) is 12.8. The van der Waals surface area contributed by atoms with Gasteiger partial charge in [0, 0.05) is 18.7 Å². The Morgan fingerprint density at radius 2 is 2.44 bits per heavy atom. The van der Waals surface area contributed by atoms with E-state index in [1.807, 2.05) is 0 Å². The molecule has 6 nitrogen and oxygen atoms in total. The van der Waals surface area contributed by atoms with Gasteiger partial charge in [-0.3, -0.25) is 4.98 Å². The number of hydrogen-bond donors (Lipinski definition) is 2. The van der Waals surface area contributed by atoms with Gasteiger partial charge in [0.2, 0.25) is 0 Å². The van der Waals surface area contributed by atoms with Crippen LogP contribution in [0.4, 0.5) is 5.82 Å². The van der Waals surface area contributed by atoms with Gasteiger partial charge in [0.1, 0.15) is 5.82 Å². The largest absolute Gasteiger partial charge is 0.466 e. The zero-order valence-corrected chi connectivity index (χ0v) is 10.2. The van der Waals surface area contributed by atoms with E-state index in [4.69, 9.17) is 0 Å². The van der Waals surface area contributed by atoms with Crippen LogP contribution in [-0.2, 0) is 9.53 Å². The summed E-state index contributed by atoms with van der Waals surface area (Å²) in [6, 6.07) is 0.413. The molecular weight excluding hydrogens is 232 g/mol. The van der Waals surface area contributed by atoms with E-state index in [0.29, 0.717) is 11.7 Å². The molecule has 6 heteroatoms. The molecule has 0 amide bonds. The van der Waals surface area contributed by atoms with E-state index in [9.17, 15) is 4.79 Å². The summed E-state index contributed by atoms with van der Waals surface area (Å²) in [5, 5.41) is 6.56. The first-order valence-corrected chi connectivity index (χ1v) is 5.83. The quantitative estimate of drug-likeness (QED) is 0.594. The van der Waals surface area contributed by atoms with E-state index >= 15 is 0 Å². The van der Waals surface area contributed by atoms with Crippen LogP contribution in [0.5, 0.6) is 0 Å². The Morgan fingerprint density at radius 1 is 1.56 bits per heavy atom. The van der Waals surface area contributed by atoms with E-state index in [1.165, 1.54) is 13.2 Å². The highest BCUT2D eigenvalue weighted by Gasteiger charge is 2.14. The van der Waals surface area contributed by atoms with Gasteiger partial charge >= 0.3 is 5.97 Å². The van der Waals surface area contributed by atoms with E-state index in [1.54, 1.807) is 18.5 Å². The SMILES string of the molecule is COC(=O)C=Cc1cnc(N[C@@H]2CCNC2)cn1. The van der Waals surface area contributed by atoms with Crippen molar-refractivity contribution in [3.05, 3.63) is 24.2 Å². The second kappa shape index (κ2) is 6.11. The summed E-state index contributed by atoms with van der Waals surface area (Å²) in [5.41, 5.74) is 0.621. The average molecular weight is 248 g/mol. The maximum atomic E-state index is 10.9. The highest BCUT2D eigenvalue weighted by molar-refractivity contribution is 5.86. The van der Waals surface area contributed by atoms with Gasteiger partial charge in [-0.05, 0) is 19.0 Å². The standard InChI is InChI=1S/C12H16N4O2/c1-18-12(17)3-2-9-7-15-11(8-14-9)16-10-4-5-13-6-10/h2-3,7-8,10,13H,4-6H2,1H3,(H,15,16)/t10-/m1/s1. The fourth-order valence-corrected chi connectivity index (χ4v) is 1.71. The molecule has 1 aliphatic rings. The van der Waals surface area contributed by atoms with Crippen LogP contribution in [0.25, 0.3) is 6.08 Å². The Hall–Kier alpha value is -1.95. The maximum absolute atomic E-state index is 10.9. The number of carbonyl (C=O) groups is 1. The minimum absolute atomic E-state index is 0.406. The molecule has 2 rings (SSSR count). The van der Waals surface area contributed by atoms with Gasteiger partial charge in [-0.1, -0.05) is 0 Å². The molecule has 18 heavy (non-hydrogen) atoms. The molecule has 0 bridgehead atoms. The second-order valence-electron chi connectivity index (χ2n) is 4.02. The molecule has 0 saturated carbocycles. The van der Waals surface area contributed by atoms with E-state index < -0.39 is 5.97 Å². The number of hydrogen-bond acceptors (Lipinski definition) is 6. The highest BCUT2D eigenvalue weighted by Crippen LogP contribution is 2.08. The number of methoxy groups -OCH3 is 1. The van der Waals surface area contributed by atoms with Gasteiger partial charge < -0.3 is 15.4 Å².